The van der Waals surface area contributed by atoms with E-state index in [4.69, 9.17) is 0 Å². The third kappa shape index (κ3) is 4.19. The number of aromatic nitrogens is 2. The Bertz CT molecular complexity index is 1500. The van der Waals surface area contributed by atoms with E-state index in [-0.39, 0.29) is 5.69 Å². The van der Waals surface area contributed by atoms with Gasteiger partial charge in [-0.25, -0.2) is 4.68 Å². The van der Waals surface area contributed by atoms with Crippen LogP contribution in [0.3, 0.4) is 0 Å². The molecule has 1 N–H and O–H groups in total. The van der Waals surface area contributed by atoms with E-state index in [0.29, 0.717) is 18.7 Å². The van der Waals surface area contributed by atoms with Gasteiger partial charge in [-0.2, -0.15) is 10.4 Å². The SMILES string of the molecule is CN(C)Cc1ccccc1NC(=O)C(C#N)C(=O)c1nn(-c2ccccc2)c2c1Cc1ccccc1-2. The lowest BCUT2D eigenvalue weighted by atomic mass is 9.98. The van der Waals surface area contributed by atoms with Gasteiger partial charge in [-0.1, -0.05) is 60.7 Å². The number of nitriles is 1. The van der Waals surface area contributed by atoms with Gasteiger partial charge in [0, 0.05) is 29.8 Å². The molecule has 1 amide bonds. The molecule has 1 aliphatic rings. The van der Waals surface area contributed by atoms with Crippen molar-refractivity contribution >= 4 is 17.4 Å². The van der Waals surface area contributed by atoms with Crippen molar-refractivity contribution in [1.82, 2.24) is 14.7 Å². The number of benzene rings is 3. The van der Waals surface area contributed by atoms with Crippen LogP contribution < -0.4 is 5.32 Å². The van der Waals surface area contributed by atoms with E-state index >= 15 is 0 Å². The van der Waals surface area contributed by atoms with Crippen molar-refractivity contribution in [3.05, 3.63) is 101 Å². The van der Waals surface area contributed by atoms with Crippen LogP contribution in [0.15, 0.2) is 78.9 Å². The van der Waals surface area contributed by atoms with Crippen LogP contribution in [0, 0.1) is 17.2 Å². The van der Waals surface area contributed by atoms with Crippen LogP contribution in [-0.2, 0) is 17.8 Å². The minimum atomic E-state index is -1.52. The van der Waals surface area contributed by atoms with E-state index < -0.39 is 17.6 Å². The van der Waals surface area contributed by atoms with E-state index in [1.807, 2.05) is 97.9 Å². The number of nitrogens with zero attached hydrogens (tertiary/aromatic N) is 4. The normalized spacial score (nSPS) is 12.5. The van der Waals surface area contributed by atoms with Gasteiger partial charge in [0.2, 0.25) is 11.7 Å². The van der Waals surface area contributed by atoms with Crippen molar-refractivity contribution in [3.63, 3.8) is 0 Å². The monoisotopic (exact) mass is 475 g/mol. The highest BCUT2D eigenvalue weighted by molar-refractivity contribution is 6.16. The summed E-state index contributed by atoms with van der Waals surface area (Å²) >= 11 is 0. The van der Waals surface area contributed by atoms with Crippen molar-refractivity contribution in [2.24, 2.45) is 5.92 Å². The van der Waals surface area contributed by atoms with Gasteiger partial charge in [0.15, 0.2) is 5.92 Å². The minimum Gasteiger partial charge on any atom is -0.324 e. The first kappa shape index (κ1) is 23.2. The van der Waals surface area contributed by atoms with Crippen molar-refractivity contribution in [2.75, 3.05) is 19.4 Å². The molecule has 0 saturated heterocycles. The lowest BCUT2D eigenvalue weighted by Crippen LogP contribution is -2.30. The summed E-state index contributed by atoms with van der Waals surface area (Å²) in [5.41, 5.74) is 6.09. The Morgan fingerprint density at radius 1 is 1.03 bits per heavy atom. The van der Waals surface area contributed by atoms with Crippen LogP contribution in [0.2, 0.25) is 0 Å². The van der Waals surface area contributed by atoms with Gasteiger partial charge < -0.3 is 10.2 Å². The molecule has 1 heterocycles. The van der Waals surface area contributed by atoms with Crippen LogP contribution in [0.4, 0.5) is 5.69 Å². The number of amides is 1. The van der Waals surface area contributed by atoms with Gasteiger partial charge in [0.05, 0.1) is 17.5 Å². The molecular formula is C29H25N5O2. The Hall–Kier alpha value is -4.54. The predicted octanol–water partition coefficient (Wildman–Crippen LogP) is 4.47. The fourth-order valence-electron chi connectivity index (χ4n) is 4.64. The van der Waals surface area contributed by atoms with Crippen molar-refractivity contribution in [2.45, 2.75) is 13.0 Å². The number of rotatable bonds is 7. The number of nitrogens with one attached hydrogen (secondary N) is 1. The Morgan fingerprint density at radius 3 is 2.47 bits per heavy atom. The Kier molecular flexibility index (Phi) is 6.19. The van der Waals surface area contributed by atoms with Gasteiger partial charge in [-0.05, 0) is 43.4 Å². The molecule has 1 aliphatic carbocycles. The van der Waals surface area contributed by atoms with Crippen LogP contribution in [0.25, 0.3) is 16.9 Å². The average molecular weight is 476 g/mol. The minimum absolute atomic E-state index is 0.160. The lowest BCUT2D eigenvalue weighted by Gasteiger charge is -2.16. The zero-order valence-corrected chi connectivity index (χ0v) is 20.1. The van der Waals surface area contributed by atoms with Crippen molar-refractivity contribution in [3.8, 4) is 23.0 Å². The van der Waals surface area contributed by atoms with Gasteiger partial charge in [0.1, 0.15) is 5.69 Å². The molecule has 4 aromatic rings. The molecule has 0 saturated carbocycles. The highest BCUT2D eigenvalue weighted by atomic mass is 16.2. The molecule has 0 bridgehead atoms. The van der Waals surface area contributed by atoms with E-state index in [9.17, 15) is 14.9 Å². The predicted molar refractivity (Wildman–Crippen MR) is 138 cm³/mol. The van der Waals surface area contributed by atoms with Crippen molar-refractivity contribution < 1.29 is 9.59 Å². The second-order valence-electron chi connectivity index (χ2n) is 9.07. The summed E-state index contributed by atoms with van der Waals surface area (Å²) in [6.07, 6.45) is 0.519. The maximum atomic E-state index is 13.7. The third-order valence-electron chi connectivity index (χ3n) is 6.27. The number of carbonyl (C=O) groups excluding carboxylic acids is 2. The summed E-state index contributed by atoms with van der Waals surface area (Å²) in [6, 6.07) is 26.8. The topological polar surface area (TPSA) is 91.0 Å². The van der Waals surface area contributed by atoms with Crippen LogP contribution >= 0.6 is 0 Å². The smallest absolute Gasteiger partial charge is 0.249 e. The Labute approximate surface area is 209 Å². The molecule has 36 heavy (non-hydrogen) atoms. The van der Waals surface area contributed by atoms with Gasteiger partial charge in [0.25, 0.3) is 0 Å². The molecule has 7 nitrogen and oxygen atoms in total. The molecule has 178 valence electrons. The fourth-order valence-corrected chi connectivity index (χ4v) is 4.64. The number of carbonyl (C=O) groups is 2. The number of ketones is 1. The molecule has 0 spiro atoms. The average Bonchev–Trinajstić information content (AvgIpc) is 3.43. The highest BCUT2D eigenvalue weighted by Gasteiger charge is 2.36. The first-order valence-electron chi connectivity index (χ1n) is 11.7. The lowest BCUT2D eigenvalue weighted by molar-refractivity contribution is -0.117. The summed E-state index contributed by atoms with van der Waals surface area (Å²) < 4.78 is 1.74. The zero-order chi connectivity index (χ0) is 25.2. The summed E-state index contributed by atoms with van der Waals surface area (Å²) in [5.74, 6) is -2.78. The molecular weight excluding hydrogens is 450 g/mol. The second kappa shape index (κ2) is 9.61. The maximum absolute atomic E-state index is 13.7. The molecule has 1 atom stereocenters. The molecule has 0 aliphatic heterocycles. The first-order chi connectivity index (χ1) is 17.5. The number of para-hydroxylation sites is 2. The van der Waals surface area contributed by atoms with Crippen LogP contribution in [0.1, 0.15) is 27.2 Å². The summed E-state index contributed by atoms with van der Waals surface area (Å²) in [6.45, 7) is 0.606. The molecule has 5 rings (SSSR count). The summed E-state index contributed by atoms with van der Waals surface area (Å²) in [7, 11) is 3.86. The fraction of sp³-hybridized carbons (Fsp3) is 0.172. The number of hydrogen-bond acceptors (Lipinski definition) is 5. The number of anilines is 1. The molecule has 7 heteroatoms. The van der Waals surface area contributed by atoms with E-state index in [0.717, 1.165) is 33.6 Å². The highest BCUT2D eigenvalue weighted by Crippen LogP contribution is 2.40. The van der Waals surface area contributed by atoms with Gasteiger partial charge in [-0.3, -0.25) is 9.59 Å². The first-order valence-corrected chi connectivity index (χ1v) is 11.7. The summed E-state index contributed by atoms with van der Waals surface area (Å²) in [4.78, 5) is 28.8. The van der Waals surface area contributed by atoms with Crippen LogP contribution in [0.5, 0.6) is 0 Å². The standard InChI is InChI=1S/C29H25N5O2/c1-33(2)18-20-11-7-9-15-25(20)31-29(36)24(17-30)28(35)26-23-16-19-10-6-8-14-22(19)27(23)34(32-26)21-12-4-3-5-13-21/h3-15,24H,16,18H2,1-2H3,(H,31,36). The van der Waals surface area contributed by atoms with E-state index in [2.05, 4.69) is 10.4 Å². The Balaban J connectivity index is 1.51. The second-order valence-corrected chi connectivity index (χ2v) is 9.07. The molecule has 1 unspecified atom stereocenters. The molecule has 0 radical (unpaired) electrons. The maximum Gasteiger partial charge on any atom is 0.249 e. The molecule has 3 aromatic carbocycles. The van der Waals surface area contributed by atoms with E-state index in [1.54, 1.807) is 10.7 Å². The van der Waals surface area contributed by atoms with Crippen LogP contribution in [-0.4, -0.2) is 40.5 Å². The third-order valence-corrected chi connectivity index (χ3v) is 6.27. The Morgan fingerprint density at radius 2 is 1.72 bits per heavy atom. The number of Topliss-reactive ketones (excluding diaryl/α,β-unsaturated/α-hetero) is 1. The zero-order valence-electron chi connectivity index (χ0n) is 20.1. The largest absolute Gasteiger partial charge is 0.324 e. The van der Waals surface area contributed by atoms with Gasteiger partial charge >= 0.3 is 0 Å². The number of fused-ring (bicyclic) bond motifs is 3. The van der Waals surface area contributed by atoms with Gasteiger partial charge in [-0.15, -0.1) is 0 Å². The van der Waals surface area contributed by atoms with Crippen molar-refractivity contribution in [1.29, 1.82) is 5.26 Å². The van der Waals surface area contributed by atoms with E-state index in [1.165, 1.54) is 0 Å². The quantitative estimate of drug-likeness (QED) is 0.277. The molecule has 1 aromatic heterocycles. The number of hydrogen-bond donors (Lipinski definition) is 1. The summed E-state index contributed by atoms with van der Waals surface area (Å²) in [5, 5.41) is 17.3. The molecule has 0 fully saturated rings.